The number of fused-ring (bicyclic) bond motifs is 16. The van der Waals surface area contributed by atoms with Gasteiger partial charge in [0.25, 0.3) is 5.91 Å². The van der Waals surface area contributed by atoms with Gasteiger partial charge in [0, 0.05) is 25.8 Å². The number of carboxylic acid groups (broad SMARTS) is 1. The smallest absolute Gasteiger partial charge is 0.305 e. The lowest BCUT2D eigenvalue weighted by atomic mass is 9.98. The number of ether oxygens (including phenoxy) is 1. The molecule has 2 aliphatic rings. The van der Waals surface area contributed by atoms with E-state index >= 15 is 0 Å². The number of amides is 5. The molecule has 0 spiro atoms. The molecule has 2 heterocycles. The Kier molecular flexibility index (Phi) is 16.3. The lowest BCUT2D eigenvalue weighted by Gasteiger charge is -2.27. The summed E-state index contributed by atoms with van der Waals surface area (Å²) in [6, 6.07) is 46.3. The summed E-state index contributed by atoms with van der Waals surface area (Å²) in [6.45, 7) is -0.598. The highest BCUT2D eigenvalue weighted by molar-refractivity contribution is 5.96. The molecule has 0 fully saturated rings. The zero-order chi connectivity index (χ0) is 47.0. The molecule has 6 aromatic rings. The molecule has 0 unspecified atom stereocenters. The topological polar surface area (TPSA) is 192 Å². The average Bonchev–Trinajstić information content (AvgIpc) is 3.35. The lowest BCUT2D eigenvalue weighted by Crippen LogP contribution is -2.59. The Morgan fingerprint density at radius 1 is 0.537 bits per heavy atom. The summed E-state index contributed by atoms with van der Waals surface area (Å²) in [5.74, 6) is -3.89. The van der Waals surface area contributed by atoms with E-state index in [4.69, 9.17) is 4.74 Å². The standard InChI is InChI=1S/C54H53N5O8/c60-49-35-67-44-27-20-39(21-28-44)32-46(51(63)55-31-30-50(61)62)58-52(64)45(29-22-36-10-4-1-5-11-36)57-54(66)48(34-38-18-25-43(26-19-38)41-14-8-3-9-15-41)59-53(65)47(56-49)33-37-16-23-42(24-17-37)40-12-6-2-7-13-40/h1-21,23-28,45-48H,22,29-35H2,(H,55,63)(H,56,60)(H,57,66)(H,58,64)(H,59,65)(H,61,62)/t45-,46-,47-,48+/m0/s1. The minimum absolute atomic E-state index is 0.0103. The highest BCUT2D eigenvalue weighted by Crippen LogP contribution is 2.22. The third-order valence-corrected chi connectivity index (χ3v) is 11.5. The minimum Gasteiger partial charge on any atom is -0.484 e. The Labute approximate surface area is 389 Å². The van der Waals surface area contributed by atoms with Gasteiger partial charge in [0.2, 0.25) is 23.6 Å². The number of carboxylic acids is 1. The number of aliphatic carboxylic acids is 1. The number of carbonyl (C=O) groups is 6. The van der Waals surface area contributed by atoms with Crippen molar-refractivity contribution in [1.29, 1.82) is 0 Å². The zero-order valence-corrected chi connectivity index (χ0v) is 36.9. The number of carbonyl (C=O) groups excluding carboxylic acids is 5. The van der Waals surface area contributed by atoms with Crippen molar-refractivity contribution < 1.29 is 38.6 Å². The molecule has 13 heteroatoms. The van der Waals surface area contributed by atoms with E-state index < -0.39 is 66.3 Å². The number of hydrogen-bond acceptors (Lipinski definition) is 7. The van der Waals surface area contributed by atoms with Crippen molar-refractivity contribution >= 4 is 35.5 Å². The predicted molar refractivity (Wildman–Crippen MR) is 255 cm³/mol. The van der Waals surface area contributed by atoms with Gasteiger partial charge in [-0.25, -0.2) is 0 Å². The molecule has 0 radical (unpaired) electrons. The molecule has 2 bridgehead atoms. The van der Waals surface area contributed by atoms with Crippen molar-refractivity contribution in [2.45, 2.75) is 62.7 Å². The fourth-order valence-electron chi connectivity index (χ4n) is 7.83. The van der Waals surface area contributed by atoms with Crippen LogP contribution < -0.4 is 31.3 Å². The van der Waals surface area contributed by atoms with Crippen LogP contribution in [-0.4, -0.2) is 77.9 Å². The molecule has 0 aromatic heterocycles. The van der Waals surface area contributed by atoms with Crippen LogP contribution in [0.2, 0.25) is 0 Å². The van der Waals surface area contributed by atoms with Gasteiger partial charge in [-0.3, -0.25) is 28.8 Å². The van der Waals surface area contributed by atoms with Crippen molar-refractivity contribution in [3.05, 3.63) is 186 Å². The van der Waals surface area contributed by atoms with Gasteiger partial charge in [0.05, 0.1) is 6.42 Å². The summed E-state index contributed by atoms with van der Waals surface area (Å²) in [5.41, 5.74) is 6.97. The molecule has 4 atom stereocenters. The van der Waals surface area contributed by atoms with Crippen molar-refractivity contribution in [3.63, 3.8) is 0 Å². The Hall–Kier alpha value is -8.06. The second-order valence-electron chi connectivity index (χ2n) is 16.4. The van der Waals surface area contributed by atoms with Crippen LogP contribution >= 0.6 is 0 Å². The maximum absolute atomic E-state index is 14.7. The normalized spacial score (nSPS) is 18.1. The van der Waals surface area contributed by atoms with E-state index in [0.717, 1.165) is 38.9 Å². The Balaban J connectivity index is 1.22. The third-order valence-electron chi connectivity index (χ3n) is 11.5. The fourth-order valence-corrected chi connectivity index (χ4v) is 7.83. The predicted octanol–water partition coefficient (Wildman–Crippen LogP) is 5.60. The summed E-state index contributed by atoms with van der Waals surface area (Å²) in [5, 5.41) is 23.3. The summed E-state index contributed by atoms with van der Waals surface area (Å²) in [7, 11) is 0. The second kappa shape index (κ2) is 23.2. The Morgan fingerprint density at radius 2 is 1.01 bits per heavy atom. The first kappa shape index (κ1) is 46.9. The number of rotatable bonds is 13. The molecular weight excluding hydrogens is 847 g/mol. The molecule has 342 valence electrons. The summed E-state index contributed by atoms with van der Waals surface area (Å²) < 4.78 is 5.83. The fraction of sp³-hybridized carbons (Fsp3) is 0.222. The molecule has 8 rings (SSSR count). The van der Waals surface area contributed by atoms with Crippen molar-refractivity contribution in [2.75, 3.05) is 13.2 Å². The molecule has 5 amide bonds. The highest BCUT2D eigenvalue weighted by atomic mass is 16.5. The summed E-state index contributed by atoms with van der Waals surface area (Å²) in [4.78, 5) is 82.2. The first-order valence-electron chi connectivity index (χ1n) is 22.3. The van der Waals surface area contributed by atoms with E-state index in [-0.39, 0.29) is 38.6 Å². The summed E-state index contributed by atoms with van der Waals surface area (Å²) in [6.07, 6.45) is 0.301. The molecule has 2 aliphatic heterocycles. The van der Waals surface area contributed by atoms with Crippen molar-refractivity contribution in [1.82, 2.24) is 26.6 Å². The number of benzene rings is 6. The SMILES string of the molecule is O=C(O)CCNC(=O)[C@@H]1Cc2ccc(cc2)OCC(=O)N[C@@H](Cc2ccc(-c3ccccc3)cc2)C(=O)N[C@H](Cc2ccc(-c3ccccc3)cc2)C(=O)N[C@@H](CCc2ccccc2)C(=O)N1. The van der Waals surface area contributed by atoms with E-state index in [2.05, 4.69) is 26.6 Å². The van der Waals surface area contributed by atoms with Crippen LogP contribution in [0.1, 0.15) is 35.1 Å². The van der Waals surface area contributed by atoms with E-state index in [1.165, 1.54) is 0 Å². The first-order chi connectivity index (χ1) is 32.6. The molecule has 0 saturated heterocycles. The second-order valence-corrected chi connectivity index (χ2v) is 16.4. The van der Waals surface area contributed by atoms with Gasteiger partial charge in [-0.1, -0.05) is 152 Å². The molecule has 13 nitrogen and oxygen atoms in total. The quantitative estimate of drug-likeness (QED) is 0.0807. The Bertz CT molecular complexity index is 2610. The Morgan fingerprint density at radius 3 is 1.55 bits per heavy atom. The third kappa shape index (κ3) is 14.0. The summed E-state index contributed by atoms with van der Waals surface area (Å²) >= 11 is 0. The van der Waals surface area contributed by atoms with Crippen molar-refractivity contribution in [3.8, 4) is 28.0 Å². The van der Waals surface area contributed by atoms with Crippen LogP contribution in [0.3, 0.4) is 0 Å². The van der Waals surface area contributed by atoms with E-state index in [0.29, 0.717) is 17.7 Å². The number of nitrogens with one attached hydrogen (secondary N) is 5. The van der Waals surface area contributed by atoms with Gasteiger partial charge in [0.1, 0.15) is 29.9 Å². The number of aryl methyl sites for hydroxylation is 1. The van der Waals surface area contributed by atoms with Gasteiger partial charge in [-0.05, 0) is 69.5 Å². The van der Waals surface area contributed by atoms with Gasteiger partial charge in [-0.15, -0.1) is 0 Å². The van der Waals surface area contributed by atoms with Crippen molar-refractivity contribution in [2.24, 2.45) is 0 Å². The van der Waals surface area contributed by atoms with Gasteiger partial charge in [0.15, 0.2) is 6.61 Å². The van der Waals surface area contributed by atoms with Crippen LogP contribution in [0.15, 0.2) is 164 Å². The van der Waals surface area contributed by atoms with Crippen LogP contribution in [0.5, 0.6) is 5.75 Å². The molecule has 0 aliphatic carbocycles. The molecule has 6 aromatic carbocycles. The molecule has 6 N–H and O–H groups in total. The number of hydrogen-bond donors (Lipinski definition) is 6. The maximum Gasteiger partial charge on any atom is 0.305 e. The zero-order valence-electron chi connectivity index (χ0n) is 36.9. The first-order valence-corrected chi connectivity index (χ1v) is 22.3. The minimum atomic E-state index is -1.23. The van der Waals surface area contributed by atoms with Crippen LogP contribution in [0.25, 0.3) is 22.3 Å². The van der Waals surface area contributed by atoms with Crippen LogP contribution in [0.4, 0.5) is 0 Å². The average molecular weight is 900 g/mol. The van der Waals surface area contributed by atoms with E-state index in [1.807, 2.05) is 140 Å². The monoisotopic (exact) mass is 899 g/mol. The van der Waals surface area contributed by atoms with E-state index in [1.54, 1.807) is 24.3 Å². The van der Waals surface area contributed by atoms with Gasteiger partial charge in [-0.2, -0.15) is 0 Å². The lowest BCUT2D eigenvalue weighted by molar-refractivity contribution is -0.137. The van der Waals surface area contributed by atoms with Gasteiger partial charge >= 0.3 is 5.97 Å². The highest BCUT2D eigenvalue weighted by Gasteiger charge is 2.32. The molecule has 67 heavy (non-hydrogen) atoms. The van der Waals surface area contributed by atoms with Crippen LogP contribution in [0, 0.1) is 0 Å². The maximum atomic E-state index is 14.7. The van der Waals surface area contributed by atoms with E-state index in [9.17, 15) is 33.9 Å². The van der Waals surface area contributed by atoms with Crippen LogP contribution in [-0.2, 0) is 54.5 Å². The molecular formula is C54H53N5O8. The van der Waals surface area contributed by atoms with Gasteiger partial charge < -0.3 is 36.4 Å². The largest absolute Gasteiger partial charge is 0.484 e. The molecule has 0 saturated carbocycles.